The highest BCUT2D eigenvalue weighted by Crippen LogP contribution is 2.25. The van der Waals surface area contributed by atoms with Crippen molar-refractivity contribution in [3.8, 4) is 11.5 Å². The summed E-state index contributed by atoms with van der Waals surface area (Å²) in [6.07, 6.45) is 1.02. The van der Waals surface area contributed by atoms with Crippen molar-refractivity contribution < 1.29 is 9.26 Å². The van der Waals surface area contributed by atoms with Crippen molar-refractivity contribution in [2.75, 3.05) is 6.61 Å². The Bertz CT molecular complexity index is 591. The van der Waals surface area contributed by atoms with Crippen LogP contribution in [0.1, 0.15) is 39.1 Å². The van der Waals surface area contributed by atoms with Crippen LogP contribution in [0.4, 0.5) is 0 Å². The minimum absolute atomic E-state index is 0.111. The molecule has 0 bridgehead atoms. The molecule has 0 aliphatic rings. The number of rotatable bonds is 6. The minimum atomic E-state index is -0.771. The number of aromatic nitrogens is 2. The predicted molar refractivity (Wildman–Crippen MR) is 81.7 cm³/mol. The summed E-state index contributed by atoms with van der Waals surface area (Å²) in [5.74, 6) is 0.965. The van der Waals surface area contributed by atoms with Gasteiger partial charge < -0.3 is 15.0 Å². The van der Waals surface area contributed by atoms with Crippen LogP contribution in [0, 0.1) is 0 Å². The second-order valence-electron chi connectivity index (χ2n) is 5.71. The Morgan fingerprint density at radius 3 is 2.71 bits per heavy atom. The fourth-order valence-electron chi connectivity index (χ4n) is 2.01. The highest BCUT2D eigenvalue weighted by Gasteiger charge is 2.29. The van der Waals surface area contributed by atoms with Gasteiger partial charge in [-0.25, -0.2) is 0 Å². The summed E-state index contributed by atoms with van der Waals surface area (Å²) >= 11 is 0. The van der Waals surface area contributed by atoms with Crippen molar-refractivity contribution in [3.63, 3.8) is 0 Å². The first-order valence-electron chi connectivity index (χ1n) is 7.27. The smallest absolute Gasteiger partial charge is 0.258 e. The highest BCUT2D eigenvalue weighted by molar-refractivity contribution is 5.58. The zero-order valence-corrected chi connectivity index (χ0v) is 13.1. The van der Waals surface area contributed by atoms with Crippen LogP contribution < -0.4 is 5.73 Å². The van der Waals surface area contributed by atoms with Crippen LogP contribution in [-0.4, -0.2) is 22.9 Å². The lowest BCUT2D eigenvalue weighted by molar-refractivity contribution is 0.0410. The molecule has 1 heterocycles. The first-order valence-corrected chi connectivity index (χ1v) is 7.27. The van der Waals surface area contributed by atoms with Gasteiger partial charge in [-0.2, -0.15) is 4.98 Å². The van der Waals surface area contributed by atoms with Crippen LogP contribution in [0.15, 0.2) is 28.8 Å². The molecule has 0 fully saturated rings. The quantitative estimate of drug-likeness (QED) is 0.885. The lowest BCUT2D eigenvalue weighted by Gasteiger charge is -2.21. The van der Waals surface area contributed by atoms with Crippen LogP contribution in [0.2, 0.25) is 0 Å². The molecule has 0 saturated carbocycles. The Labute approximate surface area is 125 Å². The fraction of sp³-hybridized carbons (Fsp3) is 0.500. The molecule has 1 unspecified atom stereocenters. The minimum Gasteiger partial charge on any atom is -0.376 e. The average Bonchev–Trinajstić information content (AvgIpc) is 2.95. The zero-order chi connectivity index (χ0) is 15.5. The van der Waals surface area contributed by atoms with Crippen LogP contribution in [0.5, 0.6) is 0 Å². The monoisotopic (exact) mass is 289 g/mol. The van der Waals surface area contributed by atoms with Gasteiger partial charge in [-0.15, -0.1) is 0 Å². The Kier molecular flexibility index (Phi) is 4.75. The largest absolute Gasteiger partial charge is 0.376 e. The van der Waals surface area contributed by atoms with Crippen molar-refractivity contribution >= 4 is 0 Å². The van der Waals surface area contributed by atoms with Crippen LogP contribution in [-0.2, 0) is 16.7 Å². The van der Waals surface area contributed by atoms with Gasteiger partial charge >= 0.3 is 0 Å². The van der Waals surface area contributed by atoms with E-state index in [0.717, 1.165) is 12.0 Å². The van der Waals surface area contributed by atoms with Crippen LogP contribution in [0.3, 0.4) is 0 Å². The van der Waals surface area contributed by atoms with Crippen LogP contribution >= 0.6 is 0 Å². The van der Waals surface area contributed by atoms with Gasteiger partial charge in [0.25, 0.3) is 5.89 Å². The summed E-state index contributed by atoms with van der Waals surface area (Å²) in [4.78, 5) is 4.46. The molecular weight excluding hydrogens is 266 g/mol. The zero-order valence-electron chi connectivity index (χ0n) is 13.1. The van der Waals surface area contributed by atoms with E-state index in [1.165, 1.54) is 5.56 Å². The van der Waals surface area contributed by atoms with Gasteiger partial charge in [0.05, 0.1) is 12.7 Å². The third-order valence-corrected chi connectivity index (χ3v) is 3.28. The van der Waals surface area contributed by atoms with Gasteiger partial charge in [0.2, 0.25) is 0 Å². The summed E-state index contributed by atoms with van der Waals surface area (Å²) in [5.41, 5.74) is 7.60. The summed E-state index contributed by atoms with van der Waals surface area (Å²) in [6, 6.07) is 8.00. The molecule has 114 valence electrons. The molecule has 5 nitrogen and oxygen atoms in total. The van der Waals surface area contributed by atoms with E-state index < -0.39 is 5.54 Å². The van der Waals surface area contributed by atoms with E-state index in [-0.39, 0.29) is 6.10 Å². The van der Waals surface area contributed by atoms with E-state index in [1.54, 1.807) is 0 Å². The number of hydrogen-bond acceptors (Lipinski definition) is 5. The summed E-state index contributed by atoms with van der Waals surface area (Å²) in [7, 11) is 0. The molecule has 5 heteroatoms. The van der Waals surface area contributed by atoms with Crippen molar-refractivity contribution in [1.29, 1.82) is 0 Å². The summed E-state index contributed by atoms with van der Waals surface area (Å²) in [6.45, 7) is 8.22. The Hall–Kier alpha value is -1.72. The molecule has 1 aromatic heterocycles. The second-order valence-corrected chi connectivity index (χ2v) is 5.71. The average molecular weight is 289 g/mol. The second kappa shape index (κ2) is 6.37. The number of benzene rings is 1. The van der Waals surface area contributed by atoms with Gasteiger partial charge in [0, 0.05) is 5.56 Å². The van der Waals surface area contributed by atoms with Gasteiger partial charge in [0.1, 0.15) is 5.54 Å². The lowest BCUT2D eigenvalue weighted by Crippen LogP contribution is -2.40. The maximum atomic E-state index is 6.24. The van der Waals surface area contributed by atoms with Gasteiger partial charge in [0.15, 0.2) is 5.82 Å². The summed E-state index contributed by atoms with van der Waals surface area (Å²) in [5, 5.41) is 4.03. The molecule has 0 aliphatic heterocycles. The number of hydrogen-bond donors (Lipinski definition) is 1. The van der Waals surface area contributed by atoms with Crippen molar-refractivity contribution in [2.24, 2.45) is 5.73 Å². The van der Waals surface area contributed by atoms with E-state index in [9.17, 15) is 0 Å². The van der Waals surface area contributed by atoms with E-state index >= 15 is 0 Å². The maximum Gasteiger partial charge on any atom is 0.258 e. The van der Waals surface area contributed by atoms with E-state index in [1.807, 2.05) is 39.0 Å². The molecule has 2 N–H and O–H groups in total. The van der Waals surface area contributed by atoms with Crippen molar-refractivity contribution in [2.45, 2.75) is 45.8 Å². The first kappa shape index (κ1) is 15.7. The third-order valence-electron chi connectivity index (χ3n) is 3.28. The summed E-state index contributed by atoms with van der Waals surface area (Å²) < 4.78 is 11.0. The Morgan fingerprint density at radius 1 is 1.33 bits per heavy atom. The highest BCUT2D eigenvalue weighted by atomic mass is 16.5. The van der Waals surface area contributed by atoms with E-state index in [2.05, 4.69) is 23.1 Å². The number of ether oxygens (including phenoxy) is 1. The molecule has 0 spiro atoms. The number of nitrogens with two attached hydrogens (primary N) is 1. The first-order chi connectivity index (χ1) is 9.94. The molecule has 2 aromatic rings. The standard InChI is InChI=1S/C16H23N3O2/c1-5-12-8-6-7-9-13(12)14-18-15(19-21-14)16(4,17)10-20-11(2)3/h6-9,11H,5,10,17H2,1-4H3. The predicted octanol–water partition coefficient (Wildman–Crippen LogP) is 2.90. The van der Waals surface area contributed by atoms with E-state index in [0.29, 0.717) is 18.3 Å². The molecule has 21 heavy (non-hydrogen) atoms. The lowest BCUT2D eigenvalue weighted by atomic mass is 10.0. The maximum absolute atomic E-state index is 6.24. The Balaban J connectivity index is 2.25. The molecule has 2 rings (SSSR count). The van der Waals surface area contributed by atoms with Crippen molar-refractivity contribution in [1.82, 2.24) is 10.1 Å². The van der Waals surface area contributed by atoms with Crippen molar-refractivity contribution in [3.05, 3.63) is 35.7 Å². The number of nitrogens with zero attached hydrogens (tertiary/aromatic N) is 2. The molecular formula is C16H23N3O2. The topological polar surface area (TPSA) is 74.2 Å². The number of aryl methyl sites for hydroxylation is 1. The van der Waals surface area contributed by atoms with Crippen LogP contribution in [0.25, 0.3) is 11.5 Å². The molecule has 0 amide bonds. The van der Waals surface area contributed by atoms with E-state index in [4.69, 9.17) is 15.0 Å². The molecule has 0 aliphatic carbocycles. The van der Waals surface area contributed by atoms with Gasteiger partial charge in [-0.3, -0.25) is 0 Å². The van der Waals surface area contributed by atoms with Gasteiger partial charge in [-0.1, -0.05) is 30.3 Å². The molecule has 0 saturated heterocycles. The molecule has 1 atom stereocenters. The SMILES string of the molecule is CCc1ccccc1-c1nc(C(C)(N)COC(C)C)no1. The molecule has 1 aromatic carbocycles. The fourth-order valence-corrected chi connectivity index (χ4v) is 2.01. The van der Waals surface area contributed by atoms with Gasteiger partial charge in [-0.05, 0) is 38.8 Å². The molecule has 0 radical (unpaired) electrons. The normalized spacial score (nSPS) is 14.4. The Morgan fingerprint density at radius 2 is 2.05 bits per heavy atom. The third kappa shape index (κ3) is 3.68.